The molecule has 0 radical (unpaired) electrons. The molecule has 1 rings (SSSR count). The van der Waals surface area contributed by atoms with E-state index in [2.05, 4.69) is 51.0 Å². The number of rotatable bonds is 5. The zero-order valence-electron chi connectivity index (χ0n) is 8.94. The summed E-state index contributed by atoms with van der Waals surface area (Å²) in [4.78, 5) is 0. The van der Waals surface area contributed by atoms with E-state index in [-0.39, 0.29) is 0 Å². The van der Waals surface area contributed by atoms with Crippen molar-refractivity contribution in [3.63, 3.8) is 0 Å². The molecular formula is C11H15Br2NO. The van der Waals surface area contributed by atoms with Gasteiger partial charge >= 0.3 is 0 Å². The second-order valence-electron chi connectivity index (χ2n) is 3.44. The molecule has 1 aromatic rings. The summed E-state index contributed by atoms with van der Waals surface area (Å²) in [5, 5.41) is 3.34. The Kier molecular flexibility index (Phi) is 5.64. The van der Waals surface area contributed by atoms with Gasteiger partial charge in [0.25, 0.3) is 0 Å². The zero-order chi connectivity index (χ0) is 11.3. The lowest BCUT2D eigenvalue weighted by Crippen LogP contribution is -2.16. The molecule has 1 heterocycles. The SMILES string of the molecule is CCCNCC(C)=Cc1cc(Br)c(Br)o1. The molecule has 4 heteroatoms. The van der Waals surface area contributed by atoms with Crippen LogP contribution in [0.15, 0.2) is 25.2 Å². The highest BCUT2D eigenvalue weighted by atomic mass is 79.9. The Morgan fingerprint density at radius 2 is 2.27 bits per heavy atom. The fraction of sp³-hybridized carbons (Fsp3) is 0.455. The van der Waals surface area contributed by atoms with Crippen molar-refractivity contribution in [2.45, 2.75) is 20.3 Å². The lowest BCUT2D eigenvalue weighted by molar-refractivity contribution is 0.529. The van der Waals surface area contributed by atoms with Crippen molar-refractivity contribution in [1.82, 2.24) is 5.32 Å². The summed E-state index contributed by atoms with van der Waals surface area (Å²) < 4.78 is 7.14. The van der Waals surface area contributed by atoms with Crippen molar-refractivity contribution in [2.24, 2.45) is 0 Å². The maximum atomic E-state index is 5.46. The van der Waals surface area contributed by atoms with E-state index in [1.54, 1.807) is 0 Å². The molecule has 0 saturated carbocycles. The zero-order valence-corrected chi connectivity index (χ0v) is 12.1. The van der Waals surface area contributed by atoms with E-state index in [0.29, 0.717) is 0 Å². The number of furan rings is 1. The van der Waals surface area contributed by atoms with Crippen LogP contribution in [-0.4, -0.2) is 13.1 Å². The summed E-state index contributed by atoms with van der Waals surface area (Å²) in [7, 11) is 0. The molecular weight excluding hydrogens is 322 g/mol. The highest BCUT2D eigenvalue weighted by molar-refractivity contribution is 9.13. The van der Waals surface area contributed by atoms with Crippen molar-refractivity contribution in [1.29, 1.82) is 0 Å². The summed E-state index contributed by atoms with van der Waals surface area (Å²) in [5.41, 5.74) is 1.26. The molecule has 1 aromatic heterocycles. The Bertz CT molecular complexity index is 325. The van der Waals surface area contributed by atoms with Gasteiger partial charge in [0.15, 0.2) is 4.67 Å². The lowest BCUT2D eigenvalue weighted by atomic mass is 10.2. The molecule has 0 unspecified atom stereocenters. The van der Waals surface area contributed by atoms with Crippen molar-refractivity contribution in [3.8, 4) is 0 Å². The van der Waals surface area contributed by atoms with Crippen molar-refractivity contribution >= 4 is 37.9 Å². The Labute approximate surface area is 107 Å². The lowest BCUT2D eigenvalue weighted by Gasteiger charge is -2.01. The normalized spacial score (nSPS) is 12.1. The molecule has 0 bridgehead atoms. The fourth-order valence-corrected chi connectivity index (χ4v) is 1.80. The van der Waals surface area contributed by atoms with Gasteiger partial charge < -0.3 is 9.73 Å². The monoisotopic (exact) mass is 335 g/mol. The van der Waals surface area contributed by atoms with Crippen LogP contribution in [-0.2, 0) is 0 Å². The highest BCUT2D eigenvalue weighted by Crippen LogP contribution is 2.27. The van der Waals surface area contributed by atoms with Gasteiger partial charge in [-0.1, -0.05) is 12.5 Å². The standard InChI is InChI=1S/C11H15Br2NO/c1-3-4-14-7-8(2)5-9-6-10(12)11(13)15-9/h5-6,14H,3-4,7H2,1-2H3. The molecule has 0 amide bonds. The third kappa shape index (κ3) is 4.53. The van der Waals surface area contributed by atoms with Gasteiger partial charge in [0, 0.05) is 6.54 Å². The number of halogens is 2. The first kappa shape index (κ1) is 13.0. The predicted molar refractivity (Wildman–Crippen MR) is 70.9 cm³/mol. The topological polar surface area (TPSA) is 25.2 Å². The number of hydrogen-bond acceptors (Lipinski definition) is 2. The minimum absolute atomic E-state index is 0.739. The van der Waals surface area contributed by atoms with Crippen LogP contribution in [0.4, 0.5) is 0 Å². The summed E-state index contributed by atoms with van der Waals surface area (Å²) in [6, 6.07) is 1.95. The largest absolute Gasteiger partial charge is 0.449 e. The molecule has 0 aliphatic carbocycles. The van der Waals surface area contributed by atoms with Crippen molar-refractivity contribution in [2.75, 3.05) is 13.1 Å². The second-order valence-corrected chi connectivity index (χ2v) is 5.01. The molecule has 1 N–H and O–H groups in total. The highest BCUT2D eigenvalue weighted by Gasteiger charge is 2.03. The predicted octanol–water partition coefficient (Wildman–Crippen LogP) is 4.21. The number of hydrogen-bond donors (Lipinski definition) is 1. The van der Waals surface area contributed by atoms with Gasteiger partial charge in [-0.3, -0.25) is 0 Å². The van der Waals surface area contributed by atoms with Crippen LogP contribution in [0.1, 0.15) is 26.0 Å². The second kappa shape index (κ2) is 6.51. The molecule has 0 aromatic carbocycles. The molecule has 2 nitrogen and oxygen atoms in total. The van der Waals surface area contributed by atoms with Crippen LogP contribution >= 0.6 is 31.9 Å². The van der Waals surface area contributed by atoms with E-state index >= 15 is 0 Å². The van der Waals surface area contributed by atoms with E-state index in [9.17, 15) is 0 Å². The minimum atomic E-state index is 0.739. The summed E-state index contributed by atoms with van der Waals surface area (Å²) in [5.74, 6) is 0.865. The van der Waals surface area contributed by atoms with Gasteiger partial charge in [-0.05, 0) is 63.9 Å². The smallest absolute Gasteiger partial charge is 0.184 e. The molecule has 15 heavy (non-hydrogen) atoms. The van der Waals surface area contributed by atoms with Crippen molar-refractivity contribution in [3.05, 3.63) is 26.5 Å². The molecule has 0 atom stereocenters. The molecule has 84 valence electrons. The van der Waals surface area contributed by atoms with Crippen LogP contribution in [0.3, 0.4) is 0 Å². The summed E-state index contributed by atoms with van der Waals surface area (Å²) >= 11 is 6.70. The molecule has 0 saturated heterocycles. The first-order valence-corrected chi connectivity index (χ1v) is 6.54. The first-order valence-electron chi connectivity index (χ1n) is 4.96. The van der Waals surface area contributed by atoms with Crippen LogP contribution in [0.25, 0.3) is 6.08 Å². The fourth-order valence-electron chi connectivity index (χ4n) is 1.19. The first-order chi connectivity index (χ1) is 7.13. The van der Waals surface area contributed by atoms with E-state index in [4.69, 9.17) is 4.42 Å². The molecule has 0 aliphatic heterocycles. The van der Waals surface area contributed by atoms with E-state index in [0.717, 1.165) is 34.4 Å². The van der Waals surface area contributed by atoms with Gasteiger partial charge in [0.1, 0.15) is 5.76 Å². The molecule has 0 spiro atoms. The van der Waals surface area contributed by atoms with Gasteiger partial charge in [-0.25, -0.2) is 0 Å². The van der Waals surface area contributed by atoms with Crippen molar-refractivity contribution < 1.29 is 4.42 Å². The average molecular weight is 337 g/mol. The quantitative estimate of drug-likeness (QED) is 0.815. The Morgan fingerprint density at radius 1 is 1.53 bits per heavy atom. The Morgan fingerprint density at radius 3 is 2.80 bits per heavy atom. The van der Waals surface area contributed by atoms with Gasteiger partial charge in [-0.15, -0.1) is 0 Å². The maximum absolute atomic E-state index is 5.46. The van der Waals surface area contributed by atoms with Crippen LogP contribution < -0.4 is 5.32 Å². The minimum Gasteiger partial charge on any atom is -0.449 e. The average Bonchev–Trinajstić information content (AvgIpc) is 2.46. The third-order valence-corrected chi connectivity index (χ3v) is 3.59. The summed E-state index contributed by atoms with van der Waals surface area (Å²) in [6.45, 7) is 6.21. The van der Waals surface area contributed by atoms with E-state index in [1.807, 2.05) is 12.1 Å². The Balaban J connectivity index is 2.54. The van der Waals surface area contributed by atoms with Crippen LogP contribution in [0.2, 0.25) is 0 Å². The van der Waals surface area contributed by atoms with Gasteiger partial charge in [0.2, 0.25) is 0 Å². The van der Waals surface area contributed by atoms with Crippen LogP contribution in [0.5, 0.6) is 0 Å². The number of nitrogens with one attached hydrogen (secondary N) is 1. The third-order valence-electron chi connectivity index (χ3n) is 1.88. The van der Waals surface area contributed by atoms with Gasteiger partial charge in [0.05, 0.1) is 4.47 Å². The molecule has 0 fully saturated rings. The van der Waals surface area contributed by atoms with E-state index in [1.165, 1.54) is 5.57 Å². The molecule has 0 aliphatic rings. The Hall–Kier alpha value is -0.0600. The maximum Gasteiger partial charge on any atom is 0.184 e. The van der Waals surface area contributed by atoms with E-state index < -0.39 is 0 Å². The van der Waals surface area contributed by atoms with Gasteiger partial charge in [-0.2, -0.15) is 0 Å². The van der Waals surface area contributed by atoms with Crippen LogP contribution in [0, 0.1) is 0 Å². The summed E-state index contributed by atoms with van der Waals surface area (Å²) in [6.07, 6.45) is 3.20.